The van der Waals surface area contributed by atoms with Crippen LogP contribution in [0.2, 0.25) is 0 Å². The third-order valence-corrected chi connectivity index (χ3v) is 2.05. The Balaban J connectivity index is 2.87. The van der Waals surface area contributed by atoms with Crippen LogP contribution in [0.4, 0.5) is 0 Å². The van der Waals surface area contributed by atoms with Crippen LogP contribution in [0.15, 0.2) is 0 Å². The van der Waals surface area contributed by atoms with Crippen LogP contribution in [0.5, 0.6) is 0 Å². The molecule has 0 aliphatic carbocycles. The number of aromatic nitrogens is 3. The fourth-order valence-corrected chi connectivity index (χ4v) is 1.44. The van der Waals surface area contributed by atoms with Gasteiger partial charge in [-0.2, -0.15) is 0 Å². The lowest BCUT2D eigenvalue weighted by Gasteiger charge is -2.09. The number of hydrogen-bond acceptors (Lipinski definition) is 4. The smallest absolute Gasteiger partial charge is 0.112 e. The molecule has 1 rings (SSSR count). The number of aliphatic hydroxyl groups excluding tert-OH is 1. The largest absolute Gasteiger partial charge is 0.390 e. The van der Waals surface area contributed by atoms with Gasteiger partial charge in [-0.3, -0.25) is 0 Å². The molecule has 0 amide bonds. The van der Waals surface area contributed by atoms with Crippen molar-refractivity contribution in [1.82, 2.24) is 15.0 Å². The highest BCUT2D eigenvalue weighted by molar-refractivity contribution is 5.13. The Labute approximate surface area is 83.7 Å². The molecule has 5 heteroatoms. The summed E-state index contributed by atoms with van der Waals surface area (Å²) in [5, 5.41) is 16.9. The molecule has 0 fully saturated rings. The van der Waals surface area contributed by atoms with Gasteiger partial charge in [0.1, 0.15) is 5.69 Å². The van der Waals surface area contributed by atoms with Gasteiger partial charge in [-0.1, -0.05) is 19.1 Å². The van der Waals surface area contributed by atoms with Gasteiger partial charge >= 0.3 is 0 Å². The first-order valence-corrected chi connectivity index (χ1v) is 4.72. The summed E-state index contributed by atoms with van der Waals surface area (Å²) in [7, 11) is 1.65. The molecule has 0 spiro atoms. The van der Waals surface area contributed by atoms with E-state index in [-0.39, 0.29) is 6.61 Å². The summed E-state index contributed by atoms with van der Waals surface area (Å²) >= 11 is 0. The van der Waals surface area contributed by atoms with E-state index in [9.17, 15) is 0 Å². The first-order valence-electron chi connectivity index (χ1n) is 4.72. The Morgan fingerprint density at radius 1 is 1.50 bits per heavy atom. The number of nitrogens with zero attached hydrogens (tertiary/aromatic N) is 3. The van der Waals surface area contributed by atoms with E-state index in [4.69, 9.17) is 9.84 Å². The van der Waals surface area contributed by atoms with Crippen LogP contribution in [0.3, 0.4) is 0 Å². The molecule has 1 aromatic heterocycles. The van der Waals surface area contributed by atoms with Crippen molar-refractivity contribution in [2.24, 2.45) is 0 Å². The Hall–Kier alpha value is -0.940. The number of aliphatic hydroxyl groups is 1. The average molecular weight is 199 g/mol. The second kappa shape index (κ2) is 5.07. The summed E-state index contributed by atoms with van der Waals surface area (Å²) < 4.78 is 6.76. The molecule has 0 radical (unpaired) electrons. The monoisotopic (exact) mass is 199 g/mol. The number of hydrogen-bond donors (Lipinski definition) is 1. The van der Waals surface area contributed by atoms with Gasteiger partial charge in [0.2, 0.25) is 0 Å². The van der Waals surface area contributed by atoms with Crippen molar-refractivity contribution >= 4 is 0 Å². The highest BCUT2D eigenvalue weighted by atomic mass is 16.5. The lowest BCUT2D eigenvalue weighted by Crippen LogP contribution is -2.11. The summed E-state index contributed by atoms with van der Waals surface area (Å²) in [5.74, 6) is 0.309. The van der Waals surface area contributed by atoms with E-state index in [2.05, 4.69) is 24.2 Å². The molecule has 14 heavy (non-hydrogen) atoms. The molecule has 0 aliphatic heterocycles. The molecular formula is C9H17N3O2. The van der Waals surface area contributed by atoms with Crippen molar-refractivity contribution < 1.29 is 9.84 Å². The van der Waals surface area contributed by atoms with Crippen LogP contribution in [-0.2, 0) is 17.9 Å². The maximum atomic E-state index is 9.06. The Morgan fingerprint density at radius 2 is 2.21 bits per heavy atom. The fraction of sp³-hybridized carbons (Fsp3) is 0.778. The van der Waals surface area contributed by atoms with E-state index in [1.165, 1.54) is 0 Å². The second-order valence-electron chi connectivity index (χ2n) is 3.45. The summed E-state index contributed by atoms with van der Waals surface area (Å²) in [6, 6.07) is 0. The van der Waals surface area contributed by atoms with Gasteiger partial charge in [0.15, 0.2) is 0 Å². The predicted octanol–water partition coefficient (Wildman–Crippen LogP) is 0.540. The molecule has 0 saturated carbocycles. The van der Waals surface area contributed by atoms with Crippen LogP contribution >= 0.6 is 0 Å². The first kappa shape index (κ1) is 11.1. The van der Waals surface area contributed by atoms with Crippen molar-refractivity contribution in [1.29, 1.82) is 0 Å². The Kier molecular flexibility index (Phi) is 4.03. The summed E-state index contributed by atoms with van der Waals surface area (Å²) in [6.07, 6.45) is 0. The van der Waals surface area contributed by atoms with Crippen molar-refractivity contribution in [3.63, 3.8) is 0 Å². The number of rotatable bonds is 5. The van der Waals surface area contributed by atoms with Crippen LogP contribution < -0.4 is 0 Å². The van der Waals surface area contributed by atoms with E-state index in [0.717, 1.165) is 5.69 Å². The summed E-state index contributed by atoms with van der Waals surface area (Å²) in [5.41, 5.74) is 1.65. The molecule has 0 saturated heterocycles. The van der Waals surface area contributed by atoms with E-state index >= 15 is 0 Å². The molecule has 1 N–H and O–H groups in total. The highest BCUT2D eigenvalue weighted by Gasteiger charge is 2.14. The normalized spacial score (nSPS) is 11.2. The Bertz CT molecular complexity index is 284. The van der Waals surface area contributed by atoms with Crippen molar-refractivity contribution in [2.75, 3.05) is 13.7 Å². The maximum Gasteiger partial charge on any atom is 0.112 e. The third kappa shape index (κ3) is 2.30. The Morgan fingerprint density at radius 3 is 2.71 bits per heavy atom. The van der Waals surface area contributed by atoms with Gasteiger partial charge in [0.25, 0.3) is 0 Å². The molecule has 0 atom stereocenters. The third-order valence-electron chi connectivity index (χ3n) is 2.05. The zero-order valence-electron chi connectivity index (χ0n) is 8.90. The molecular weight excluding hydrogens is 182 g/mol. The SMILES string of the molecule is COCCn1nnc(CO)c1C(C)C. The van der Waals surface area contributed by atoms with E-state index in [1.54, 1.807) is 11.8 Å². The number of ether oxygens (including phenoxy) is 1. The van der Waals surface area contributed by atoms with Crippen molar-refractivity contribution in [3.8, 4) is 0 Å². The summed E-state index contributed by atoms with van der Waals surface area (Å²) in [4.78, 5) is 0. The zero-order chi connectivity index (χ0) is 10.6. The minimum absolute atomic E-state index is 0.0551. The van der Waals surface area contributed by atoms with Crippen LogP contribution in [-0.4, -0.2) is 33.8 Å². The molecule has 0 bridgehead atoms. The van der Waals surface area contributed by atoms with Gasteiger partial charge in [0.05, 0.1) is 25.5 Å². The minimum atomic E-state index is -0.0551. The zero-order valence-corrected chi connectivity index (χ0v) is 8.90. The van der Waals surface area contributed by atoms with Crippen molar-refractivity contribution in [2.45, 2.75) is 32.9 Å². The molecule has 80 valence electrons. The fourth-order valence-electron chi connectivity index (χ4n) is 1.44. The maximum absolute atomic E-state index is 9.06. The molecule has 0 aromatic carbocycles. The first-order chi connectivity index (χ1) is 6.70. The average Bonchev–Trinajstić information content (AvgIpc) is 2.57. The van der Waals surface area contributed by atoms with E-state index in [1.807, 2.05) is 0 Å². The van der Waals surface area contributed by atoms with E-state index < -0.39 is 0 Å². The number of methoxy groups -OCH3 is 1. The second-order valence-corrected chi connectivity index (χ2v) is 3.45. The van der Waals surface area contributed by atoms with Gasteiger partial charge < -0.3 is 9.84 Å². The van der Waals surface area contributed by atoms with Crippen LogP contribution in [0.25, 0.3) is 0 Å². The van der Waals surface area contributed by atoms with Gasteiger partial charge in [-0.25, -0.2) is 4.68 Å². The van der Waals surface area contributed by atoms with Crippen LogP contribution in [0, 0.1) is 0 Å². The topological polar surface area (TPSA) is 60.2 Å². The molecule has 1 aromatic rings. The quantitative estimate of drug-likeness (QED) is 0.752. The lowest BCUT2D eigenvalue weighted by atomic mass is 10.1. The van der Waals surface area contributed by atoms with Gasteiger partial charge in [0, 0.05) is 7.11 Å². The standard InChI is InChI=1S/C9H17N3O2/c1-7(2)9-8(6-13)10-11-12(9)4-5-14-3/h7,13H,4-6H2,1-3H3. The minimum Gasteiger partial charge on any atom is -0.390 e. The molecule has 5 nitrogen and oxygen atoms in total. The molecule has 0 unspecified atom stereocenters. The summed E-state index contributed by atoms with van der Waals surface area (Å²) in [6.45, 7) is 5.34. The van der Waals surface area contributed by atoms with E-state index in [0.29, 0.717) is 24.8 Å². The highest BCUT2D eigenvalue weighted by Crippen LogP contribution is 2.17. The van der Waals surface area contributed by atoms with Gasteiger partial charge in [-0.05, 0) is 5.92 Å². The van der Waals surface area contributed by atoms with Crippen LogP contribution in [0.1, 0.15) is 31.2 Å². The van der Waals surface area contributed by atoms with Crippen molar-refractivity contribution in [3.05, 3.63) is 11.4 Å². The lowest BCUT2D eigenvalue weighted by molar-refractivity contribution is 0.181. The predicted molar refractivity (Wildman–Crippen MR) is 51.9 cm³/mol. The molecule has 1 heterocycles. The molecule has 0 aliphatic rings. The van der Waals surface area contributed by atoms with Gasteiger partial charge in [-0.15, -0.1) is 5.10 Å².